The molecule has 0 aliphatic carbocycles. The average Bonchev–Trinajstić information content (AvgIpc) is 2.46. The molecule has 5 nitrogen and oxygen atoms in total. The fraction of sp³-hybridized carbons (Fsp3) is 0.0714. The Balaban J connectivity index is 1.99. The van der Waals surface area contributed by atoms with Gasteiger partial charge in [-0.25, -0.2) is 4.39 Å². The van der Waals surface area contributed by atoms with Crippen LogP contribution in [-0.4, -0.2) is 14.8 Å². The quantitative estimate of drug-likeness (QED) is 0.863. The molecule has 0 unspecified atom stereocenters. The summed E-state index contributed by atoms with van der Waals surface area (Å²) in [4.78, 5) is 1.80. The van der Waals surface area contributed by atoms with Gasteiger partial charge in [-0.2, -0.15) is 8.42 Å². The second-order valence-corrected chi connectivity index (χ2v) is 6.25. The van der Waals surface area contributed by atoms with Crippen LogP contribution in [0.2, 0.25) is 0 Å². The van der Waals surface area contributed by atoms with E-state index in [9.17, 15) is 12.8 Å². The molecule has 0 atom stereocenters. The van der Waals surface area contributed by atoms with Crippen molar-refractivity contribution in [3.8, 4) is 0 Å². The van der Waals surface area contributed by atoms with Crippen molar-refractivity contribution in [2.75, 3.05) is 10.6 Å². The molecule has 1 aliphatic heterocycles. The van der Waals surface area contributed by atoms with Gasteiger partial charge in [0.2, 0.25) is 0 Å². The monoisotopic (exact) mass is 305 g/mol. The Morgan fingerprint density at radius 1 is 1.19 bits per heavy atom. The summed E-state index contributed by atoms with van der Waals surface area (Å²) in [5.74, 6) is -0.498. The molecule has 1 aliphatic rings. The molecule has 0 radical (unpaired) electrons. The molecule has 2 aromatic rings. The Morgan fingerprint density at radius 3 is 2.71 bits per heavy atom. The van der Waals surface area contributed by atoms with Crippen LogP contribution < -0.4 is 10.6 Å². The zero-order chi connectivity index (χ0) is 15.0. The summed E-state index contributed by atoms with van der Waals surface area (Å²) in [6.07, 6.45) is 1.24. The molecular formula is C14H12FN3O2S. The Morgan fingerprint density at radius 2 is 1.95 bits per heavy atom. The highest BCUT2D eigenvalue weighted by Crippen LogP contribution is 2.30. The lowest BCUT2D eigenvalue weighted by atomic mass is 10.1. The number of anilines is 2. The summed E-state index contributed by atoms with van der Waals surface area (Å²) in [6, 6.07) is 11.1. The highest BCUT2D eigenvalue weighted by Gasteiger charge is 2.24. The van der Waals surface area contributed by atoms with Gasteiger partial charge in [0.15, 0.2) is 0 Å². The number of para-hydroxylation sites is 1. The molecular weight excluding hydrogens is 293 g/mol. The van der Waals surface area contributed by atoms with E-state index in [2.05, 4.69) is 4.40 Å². The Kier molecular flexibility index (Phi) is 3.13. The number of hydrogen-bond acceptors (Lipinski definition) is 4. The number of nitrogens with zero attached hydrogens (tertiary/aromatic N) is 2. The van der Waals surface area contributed by atoms with Gasteiger partial charge >= 0.3 is 0 Å². The molecule has 0 aromatic heterocycles. The lowest BCUT2D eigenvalue weighted by Gasteiger charge is -2.25. The second kappa shape index (κ2) is 4.85. The van der Waals surface area contributed by atoms with Crippen molar-refractivity contribution in [3.63, 3.8) is 0 Å². The van der Waals surface area contributed by atoms with Gasteiger partial charge < -0.3 is 10.6 Å². The molecule has 3 rings (SSSR count). The number of hydrogen-bond donors (Lipinski definition) is 1. The molecule has 2 aromatic carbocycles. The van der Waals surface area contributed by atoms with Crippen molar-refractivity contribution in [1.29, 1.82) is 0 Å². The minimum atomic E-state index is -3.65. The third-order valence-corrected chi connectivity index (χ3v) is 4.47. The zero-order valence-corrected chi connectivity index (χ0v) is 11.7. The molecule has 0 bridgehead atoms. The van der Waals surface area contributed by atoms with Gasteiger partial charge in [0.25, 0.3) is 10.0 Å². The predicted octanol–water partition coefficient (Wildman–Crippen LogP) is 2.15. The normalized spacial score (nSPS) is 15.8. The van der Waals surface area contributed by atoms with Gasteiger partial charge in [-0.3, -0.25) is 0 Å². The topological polar surface area (TPSA) is 75.8 Å². The fourth-order valence-corrected chi connectivity index (χ4v) is 3.19. The van der Waals surface area contributed by atoms with E-state index >= 15 is 0 Å². The molecule has 2 N–H and O–H groups in total. The summed E-state index contributed by atoms with van der Waals surface area (Å²) < 4.78 is 40.8. The minimum Gasteiger partial charge on any atom is -0.396 e. The molecule has 0 spiro atoms. The number of nitrogens with two attached hydrogens (primary N) is 1. The third kappa shape index (κ3) is 2.47. The highest BCUT2D eigenvalue weighted by atomic mass is 32.2. The maximum absolute atomic E-state index is 13.5. The molecule has 1 heterocycles. The smallest absolute Gasteiger partial charge is 0.285 e. The highest BCUT2D eigenvalue weighted by molar-refractivity contribution is 7.90. The maximum Gasteiger partial charge on any atom is 0.285 e. The van der Waals surface area contributed by atoms with Crippen LogP contribution in [0.3, 0.4) is 0 Å². The zero-order valence-electron chi connectivity index (χ0n) is 10.9. The van der Waals surface area contributed by atoms with E-state index < -0.39 is 15.8 Å². The fourth-order valence-electron chi connectivity index (χ4n) is 2.14. The minimum absolute atomic E-state index is 0.0778. The Hall–Kier alpha value is -2.41. The van der Waals surface area contributed by atoms with E-state index in [0.717, 1.165) is 0 Å². The SMILES string of the molecule is Nc1ccc(CN2C=NS(=O)(=O)c3ccccc32)cc1F. The van der Waals surface area contributed by atoms with Crippen molar-refractivity contribution in [2.45, 2.75) is 11.4 Å². The van der Waals surface area contributed by atoms with Gasteiger partial charge in [0, 0.05) is 6.54 Å². The summed E-state index contributed by atoms with van der Waals surface area (Å²) in [5.41, 5.74) is 6.70. The largest absolute Gasteiger partial charge is 0.396 e. The Bertz CT molecular complexity index is 834. The molecule has 108 valence electrons. The van der Waals surface area contributed by atoms with Crippen molar-refractivity contribution in [2.24, 2.45) is 4.40 Å². The van der Waals surface area contributed by atoms with Gasteiger partial charge in [0.05, 0.1) is 11.4 Å². The Labute approximate surface area is 121 Å². The first-order valence-electron chi connectivity index (χ1n) is 6.17. The van der Waals surface area contributed by atoms with Crippen LogP contribution in [0.15, 0.2) is 51.8 Å². The predicted molar refractivity (Wildman–Crippen MR) is 79.1 cm³/mol. The van der Waals surface area contributed by atoms with Crippen LogP contribution in [0, 0.1) is 5.82 Å². The molecule has 0 fully saturated rings. The van der Waals surface area contributed by atoms with E-state index in [0.29, 0.717) is 17.8 Å². The number of sulfonamides is 1. The number of nitrogen functional groups attached to an aromatic ring is 1. The van der Waals surface area contributed by atoms with Crippen LogP contribution >= 0.6 is 0 Å². The van der Waals surface area contributed by atoms with Gasteiger partial charge in [0.1, 0.15) is 17.1 Å². The molecule has 0 amide bonds. The molecule has 0 saturated heterocycles. The summed E-state index contributed by atoms with van der Waals surface area (Å²) in [7, 11) is -3.65. The van der Waals surface area contributed by atoms with Gasteiger partial charge in [-0.1, -0.05) is 18.2 Å². The van der Waals surface area contributed by atoms with Crippen molar-refractivity contribution in [3.05, 3.63) is 53.8 Å². The van der Waals surface area contributed by atoms with Crippen molar-refractivity contribution in [1.82, 2.24) is 0 Å². The maximum atomic E-state index is 13.5. The van der Waals surface area contributed by atoms with Crippen LogP contribution in [0.4, 0.5) is 15.8 Å². The third-order valence-electron chi connectivity index (χ3n) is 3.20. The standard InChI is InChI=1S/C14H12FN3O2S/c15-11-7-10(5-6-12(11)16)8-18-9-17-21(19,20)14-4-2-1-3-13(14)18/h1-7,9H,8,16H2. The van der Waals surface area contributed by atoms with Gasteiger partial charge in [-0.15, -0.1) is 4.40 Å². The van der Waals surface area contributed by atoms with Crippen LogP contribution in [-0.2, 0) is 16.6 Å². The van der Waals surface area contributed by atoms with Crippen molar-refractivity contribution < 1.29 is 12.8 Å². The lowest BCUT2D eigenvalue weighted by molar-refractivity contribution is 0.597. The van der Waals surface area contributed by atoms with E-state index in [4.69, 9.17) is 5.73 Å². The van der Waals surface area contributed by atoms with Crippen molar-refractivity contribution >= 4 is 27.7 Å². The number of fused-ring (bicyclic) bond motifs is 1. The van der Waals surface area contributed by atoms with Crippen LogP contribution in [0.5, 0.6) is 0 Å². The molecule has 0 saturated carbocycles. The number of rotatable bonds is 2. The number of benzene rings is 2. The summed E-state index contributed by atoms with van der Waals surface area (Å²) in [6.45, 7) is 0.299. The number of halogens is 1. The first kappa shape index (κ1) is 13.6. The van der Waals surface area contributed by atoms with Crippen LogP contribution in [0.25, 0.3) is 0 Å². The van der Waals surface area contributed by atoms with Crippen LogP contribution in [0.1, 0.15) is 5.56 Å². The summed E-state index contributed by atoms with van der Waals surface area (Å²) >= 11 is 0. The molecule has 7 heteroatoms. The first-order valence-corrected chi connectivity index (χ1v) is 7.61. The van der Waals surface area contributed by atoms with E-state index in [1.807, 2.05) is 0 Å². The van der Waals surface area contributed by atoms with Gasteiger partial charge in [-0.05, 0) is 29.8 Å². The average molecular weight is 305 g/mol. The second-order valence-electron chi connectivity index (χ2n) is 4.65. The van der Waals surface area contributed by atoms with E-state index in [1.54, 1.807) is 29.2 Å². The molecule has 21 heavy (non-hydrogen) atoms. The lowest BCUT2D eigenvalue weighted by Crippen LogP contribution is -2.26. The summed E-state index contributed by atoms with van der Waals surface area (Å²) in [5, 5.41) is 0. The van der Waals surface area contributed by atoms with E-state index in [-0.39, 0.29) is 10.6 Å². The van der Waals surface area contributed by atoms with E-state index in [1.165, 1.54) is 24.5 Å². The first-order chi connectivity index (χ1) is 9.97.